The molecule has 324 valence electrons. The molecule has 2 heterocycles. The maximum absolute atomic E-state index is 5.49. The SMILES string of the molecule is CC1(C)c2ccccc2-c2ccc(-c3cnc4nc(N(c5ccc6c(c5)-c5ccccc5C65c6ccccc6-c6ccccc65)c5cccc(-c6ccccc6)c5-c5ccccc5)ccc4c3)cc21. The van der Waals surface area contributed by atoms with Crippen LogP contribution in [0.2, 0.25) is 0 Å². The molecule has 11 aromatic rings. The summed E-state index contributed by atoms with van der Waals surface area (Å²) in [6.07, 6.45) is 1.99. The number of benzene rings is 9. The molecule has 3 aliphatic rings. The molecule has 0 bridgehead atoms. The van der Waals surface area contributed by atoms with Crippen molar-refractivity contribution in [2.24, 2.45) is 0 Å². The number of pyridine rings is 2. The Morgan fingerprint density at radius 3 is 1.59 bits per heavy atom. The smallest absolute Gasteiger partial charge is 0.161 e. The summed E-state index contributed by atoms with van der Waals surface area (Å²) in [6, 6.07) is 84.7. The average Bonchev–Trinajstić information content (AvgIpc) is 3.97. The summed E-state index contributed by atoms with van der Waals surface area (Å²) in [4.78, 5) is 13.0. The van der Waals surface area contributed by atoms with Crippen LogP contribution >= 0.6 is 0 Å². The van der Waals surface area contributed by atoms with Crippen molar-refractivity contribution in [1.29, 1.82) is 0 Å². The van der Waals surface area contributed by atoms with Gasteiger partial charge in [-0.1, -0.05) is 202 Å². The predicted octanol–water partition coefficient (Wildman–Crippen LogP) is 16.8. The van der Waals surface area contributed by atoms with E-state index in [0.717, 1.165) is 56.0 Å². The fraction of sp³-hybridized carbons (Fsp3) is 0.0606. The maximum Gasteiger partial charge on any atom is 0.161 e. The highest BCUT2D eigenvalue weighted by Gasteiger charge is 2.51. The lowest BCUT2D eigenvalue weighted by Crippen LogP contribution is -2.25. The van der Waals surface area contributed by atoms with Gasteiger partial charge in [0.1, 0.15) is 5.82 Å². The quantitative estimate of drug-likeness (QED) is 0.167. The van der Waals surface area contributed by atoms with Gasteiger partial charge in [-0.25, -0.2) is 9.97 Å². The van der Waals surface area contributed by atoms with Crippen LogP contribution in [0.3, 0.4) is 0 Å². The van der Waals surface area contributed by atoms with Crippen molar-refractivity contribution in [3.8, 4) is 66.8 Å². The van der Waals surface area contributed by atoms with E-state index in [9.17, 15) is 0 Å². The van der Waals surface area contributed by atoms with E-state index in [1.165, 1.54) is 66.8 Å². The van der Waals surface area contributed by atoms with Crippen LogP contribution in [0, 0.1) is 0 Å². The van der Waals surface area contributed by atoms with Gasteiger partial charge in [0.15, 0.2) is 5.65 Å². The van der Waals surface area contributed by atoms with Gasteiger partial charge in [0.25, 0.3) is 0 Å². The Labute approximate surface area is 402 Å². The Balaban J connectivity index is 0.969. The highest BCUT2D eigenvalue weighted by molar-refractivity contribution is 6.00. The number of aromatic nitrogens is 2. The molecule has 69 heavy (non-hydrogen) atoms. The molecule has 0 atom stereocenters. The van der Waals surface area contributed by atoms with Gasteiger partial charge in [-0.15, -0.1) is 0 Å². The third kappa shape index (κ3) is 5.68. The predicted molar refractivity (Wildman–Crippen MR) is 284 cm³/mol. The zero-order chi connectivity index (χ0) is 45.8. The Bertz CT molecular complexity index is 3840. The van der Waals surface area contributed by atoms with Crippen LogP contribution < -0.4 is 4.90 Å². The van der Waals surface area contributed by atoms with Crippen LogP contribution in [0.1, 0.15) is 47.2 Å². The maximum atomic E-state index is 5.49. The van der Waals surface area contributed by atoms with E-state index in [-0.39, 0.29) is 5.41 Å². The molecular formula is C66H45N3. The molecule has 0 saturated heterocycles. The molecule has 9 aromatic carbocycles. The summed E-state index contributed by atoms with van der Waals surface area (Å²) in [7, 11) is 0. The minimum atomic E-state index is -0.438. The number of fused-ring (bicyclic) bond motifs is 14. The molecule has 0 unspecified atom stereocenters. The van der Waals surface area contributed by atoms with Crippen molar-refractivity contribution < 1.29 is 0 Å². The molecule has 0 N–H and O–H groups in total. The first kappa shape index (κ1) is 39.5. The summed E-state index contributed by atoms with van der Waals surface area (Å²) < 4.78 is 0. The summed E-state index contributed by atoms with van der Waals surface area (Å²) in [6.45, 7) is 4.67. The Morgan fingerprint density at radius 1 is 0.362 bits per heavy atom. The molecule has 0 saturated carbocycles. The van der Waals surface area contributed by atoms with E-state index in [2.05, 4.69) is 249 Å². The molecule has 0 fully saturated rings. The van der Waals surface area contributed by atoms with Crippen molar-refractivity contribution in [2.75, 3.05) is 4.90 Å². The minimum absolute atomic E-state index is 0.0884. The second kappa shape index (κ2) is 14.9. The number of hydrogen-bond donors (Lipinski definition) is 0. The zero-order valence-electron chi connectivity index (χ0n) is 38.4. The normalized spacial score (nSPS) is 13.9. The van der Waals surface area contributed by atoms with Crippen LogP contribution in [0.15, 0.2) is 237 Å². The summed E-state index contributed by atoms with van der Waals surface area (Å²) in [5, 5.41) is 0.990. The average molecular weight is 880 g/mol. The highest BCUT2D eigenvalue weighted by atomic mass is 15.2. The molecule has 0 amide bonds. The number of nitrogens with zero attached hydrogens (tertiary/aromatic N) is 3. The third-order valence-corrected chi connectivity index (χ3v) is 15.3. The largest absolute Gasteiger partial charge is 0.294 e. The summed E-state index contributed by atoms with van der Waals surface area (Å²) in [5.74, 6) is 0.791. The first-order valence-corrected chi connectivity index (χ1v) is 24.0. The van der Waals surface area contributed by atoms with E-state index in [4.69, 9.17) is 9.97 Å². The Morgan fingerprint density at radius 2 is 0.913 bits per heavy atom. The van der Waals surface area contributed by atoms with Gasteiger partial charge >= 0.3 is 0 Å². The molecule has 2 aromatic heterocycles. The zero-order valence-corrected chi connectivity index (χ0v) is 38.4. The monoisotopic (exact) mass is 879 g/mol. The molecule has 0 aliphatic heterocycles. The number of rotatable bonds is 6. The van der Waals surface area contributed by atoms with Gasteiger partial charge in [-0.3, -0.25) is 4.90 Å². The minimum Gasteiger partial charge on any atom is -0.294 e. The van der Waals surface area contributed by atoms with Crippen molar-refractivity contribution in [3.05, 3.63) is 270 Å². The lowest BCUT2D eigenvalue weighted by atomic mass is 9.70. The van der Waals surface area contributed by atoms with Crippen molar-refractivity contribution in [2.45, 2.75) is 24.7 Å². The molecule has 0 radical (unpaired) electrons. The topological polar surface area (TPSA) is 29.0 Å². The van der Waals surface area contributed by atoms with Gasteiger partial charge in [-0.05, 0) is 131 Å². The first-order valence-electron chi connectivity index (χ1n) is 24.0. The van der Waals surface area contributed by atoms with Crippen molar-refractivity contribution in [3.63, 3.8) is 0 Å². The lowest BCUT2D eigenvalue weighted by Gasteiger charge is -2.31. The van der Waals surface area contributed by atoms with Crippen LogP contribution in [-0.4, -0.2) is 9.97 Å². The van der Waals surface area contributed by atoms with Gasteiger partial charge < -0.3 is 0 Å². The third-order valence-electron chi connectivity index (χ3n) is 15.3. The van der Waals surface area contributed by atoms with Crippen LogP contribution in [-0.2, 0) is 10.8 Å². The number of hydrogen-bond acceptors (Lipinski definition) is 3. The van der Waals surface area contributed by atoms with Crippen LogP contribution in [0.4, 0.5) is 17.2 Å². The number of anilines is 3. The van der Waals surface area contributed by atoms with Gasteiger partial charge in [0, 0.05) is 33.8 Å². The molecular weight excluding hydrogens is 835 g/mol. The van der Waals surface area contributed by atoms with Crippen LogP contribution in [0.25, 0.3) is 77.8 Å². The van der Waals surface area contributed by atoms with Crippen LogP contribution in [0.5, 0.6) is 0 Å². The van der Waals surface area contributed by atoms with Crippen molar-refractivity contribution >= 4 is 28.2 Å². The van der Waals surface area contributed by atoms with E-state index < -0.39 is 5.41 Å². The molecule has 3 aliphatic carbocycles. The lowest BCUT2D eigenvalue weighted by molar-refractivity contribution is 0.660. The fourth-order valence-electron chi connectivity index (χ4n) is 12.3. The standard InChI is InChI=1S/C66H45N3/c1-65(2)55-27-13-9-22-49(55)53-35-32-44(39-60(53)65)46-38-45-33-37-62(68-64(45)67-41-46)69(61-31-17-26-48(42-18-5-3-6-19-42)63(61)43-20-7-4-8-21-43)47-34-36-59-54(40-47)52-25-12-16-30-58(52)66(59)56-28-14-10-23-50(56)51-24-11-15-29-57(51)66/h3-41H,1-2H3. The second-order valence-corrected chi connectivity index (χ2v) is 19.3. The van der Waals surface area contributed by atoms with Crippen molar-refractivity contribution in [1.82, 2.24) is 9.97 Å². The molecule has 3 nitrogen and oxygen atoms in total. The fourth-order valence-corrected chi connectivity index (χ4v) is 12.3. The van der Waals surface area contributed by atoms with E-state index in [1.54, 1.807) is 0 Å². The first-order chi connectivity index (χ1) is 34.0. The van der Waals surface area contributed by atoms with Gasteiger partial charge in [0.05, 0.1) is 11.1 Å². The molecule has 1 spiro atoms. The van der Waals surface area contributed by atoms with Gasteiger partial charge in [0.2, 0.25) is 0 Å². The molecule has 14 rings (SSSR count). The summed E-state index contributed by atoms with van der Waals surface area (Å²) in [5.41, 5.74) is 24.7. The molecule has 3 heteroatoms. The van der Waals surface area contributed by atoms with Gasteiger partial charge in [-0.2, -0.15) is 0 Å². The Kier molecular flexibility index (Phi) is 8.54. The highest BCUT2D eigenvalue weighted by Crippen LogP contribution is 2.63. The van der Waals surface area contributed by atoms with E-state index in [0.29, 0.717) is 5.65 Å². The van der Waals surface area contributed by atoms with E-state index in [1.807, 2.05) is 6.20 Å². The van der Waals surface area contributed by atoms with E-state index >= 15 is 0 Å². The Hall–Kier alpha value is -8.66. The summed E-state index contributed by atoms with van der Waals surface area (Å²) >= 11 is 0. The second-order valence-electron chi connectivity index (χ2n) is 19.3.